The maximum absolute atomic E-state index is 13.0. The van der Waals surface area contributed by atoms with Crippen molar-refractivity contribution in [2.45, 2.75) is 45.7 Å². The van der Waals surface area contributed by atoms with Crippen LogP contribution < -0.4 is 10.4 Å². The van der Waals surface area contributed by atoms with Gasteiger partial charge < -0.3 is 9.72 Å². The lowest BCUT2D eigenvalue weighted by atomic mass is 10.00. The summed E-state index contributed by atoms with van der Waals surface area (Å²) in [4.78, 5) is 22.8. The van der Waals surface area contributed by atoms with Crippen LogP contribution in [0.1, 0.15) is 38.3 Å². The zero-order valence-corrected chi connectivity index (χ0v) is 18.4. The van der Waals surface area contributed by atoms with Gasteiger partial charge in [-0.15, -0.1) is 0 Å². The second-order valence-corrected chi connectivity index (χ2v) is 8.69. The van der Waals surface area contributed by atoms with Crippen LogP contribution in [0.3, 0.4) is 0 Å². The number of nitrogens with one attached hydrogen (secondary N) is 1. The Balaban J connectivity index is 1.61. The summed E-state index contributed by atoms with van der Waals surface area (Å²) >= 11 is 0. The molecule has 3 aromatic heterocycles. The van der Waals surface area contributed by atoms with Crippen molar-refractivity contribution in [2.24, 2.45) is 0 Å². The molecule has 0 amide bonds. The number of piperidine rings is 1. The van der Waals surface area contributed by atoms with Crippen molar-refractivity contribution in [3.05, 3.63) is 46.8 Å². The maximum Gasteiger partial charge on any atom is 0.326 e. The summed E-state index contributed by atoms with van der Waals surface area (Å²) in [6, 6.07) is 6.82. The standard InChI is InChI=1S/C23H28N6O2/c1-14(2)27-7-5-6-17(12-27)29-20-8-15(3)18(10-19(20)26-23(29)30)16-9-21(31-4)22-24-13-25-28(22)11-16/h8-11,13-14,17H,5-7,12H2,1-4H3,(H,26,30). The number of methoxy groups -OCH3 is 1. The number of ether oxygens (including phenoxy) is 1. The number of rotatable bonds is 4. The number of imidazole rings is 1. The van der Waals surface area contributed by atoms with Crippen LogP contribution in [0.5, 0.6) is 5.75 Å². The first-order valence-corrected chi connectivity index (χ1v) is 10.8. The lowest BCUT2D eigenvalue weighted by molar-refractivity contribution is 0.143. The molecule has 1 fully saturated rings. The van der Waals surface area contributed by atoms with E-state index in [1.54, 1.807) is 11.6 Å². The molecule has 8 nitrogen and oxygen atoms in total. The summed E-state index contributed by atoms with van der Waals surface area (Å²) in [5.41, 5.74) is 5.55. The van der Waals surface area contributed by atoms with Gasteiger partial charge in [-0.2, -0.15) is 5.10 Å². The molecular formula is C23H28N6O2. The molecule has 8 heteroatoms. The molecule has 0 bridgehead atoms. The van der Waals surface area contributed by atoms with Gasteiger partial charge in [-0.1, -0.05) is 0 Å². The minimum atomic E-state index is -0.0357. The van der Waals surface area contributed by atoms with E-state index in [0.717, 1.165) is 53.7 Å². The number of H-pyrrole nitrogens is 1. The Labute approximate surface area is 180 Å². The monoisotopic (exact) mass is 420 g/mol. The molecule has 1 aliphatic rings. The summed E-state index contributed by atoms with van der Waals surface area (Å²) in [5.74, 6) is 0.663. The van der Waals surface area contributed by atoms with Crippen LogP contribution in [-0.2, 0) is 0 Å². The summed E-state index contributed by atoms with van der Waals surface area (Å²) in [6.45, 7) is 8.52. The van der Waals surface area contributed by atoms with Crippen molar-refractivity contribution in [3.63, 3.8) is 0 Å². The van der Waals surface area contributed by atoms with Crippen LogP contribution in [0, 0.1) is 6.92 Å². The number of benzene rings is 1. The van der Waals surface area contributed by atoms with E-state index >= 15 is 0 Å². The largest absolute Gasteiger partial charge is 0.493 e. The predicted octanol–water partition coefficient (Wildman–Crippen LogP) is 3.40. The van der Waals surface area contributed by atoms with E-state index in [2.05, 4.69) is 52.9 Å². The van der Waals surface area contributed by atoms with Crippen molar-refractivity contribution in [2.75, 3.05) is 20.2 Å². The molecule has 31 heavy (non-hydrogen) atoms. The minimum absolute atomic E-state index is 0.0357. The fraction of sp³-hybridized carbons (Fsp3) is 0.435. The number of nitrogens with zero attached hydrogens (tertiary/aromatic N) is 5. The van der Waals surface area contributed by atoms with Gasteiger partial charge in [0.25, 0.3) is 0 Å². The second kappa shape index (κ2) is 7.53. The van der Waals surface area contributed by atoms with Crippen molar-refractivity contribution in [3.8, 4) is 16.9 Å². The first-order valence-electron chi connectivity index (χ1n) is 10.8. The zero-order chi connectivity index (χ0) is 21.7. The number of hydrogen-bond acceptors (Lipinski definition) is 5. The lowest BCUT2D eigenvalue weighted by Gasteiger charge is -2.35. The highest BCUT2D eigenvalue weighted by molar-refractivity contribution is 5.85. The third kappa shape index (κ3) is 3.31. The highest BCUT2D eigenvalue weighted by Crippen LogP contribution is 2.32. The average molecular weight is 421 g/mol. The van der Waals surface area contributed by atoms with Gasteiger partial charge in [0.1, 0.15) is 6.33 Å². The summed E-state index contributed by atoms with van der Waals surface area (Å²) < 4.78 is 9.19. The molecule has 1 saturated heterocycles. The van der Waals surface area contributed by atoms with E-state index in [4.69, 9.17) is 4.74 Å². The topological polar surface area (TPSA) is 80.5 Å². The summed E-state index contributed by atoms with van der Waals surface area (Å²) in [7, 11) is 1.63. The van der Waals surface area contributed by atoms with Crippen LogP contribution in [0.4, 0.5) is 0 Å². The van der Waals surface area contributed by atoms with Gasteiger partial charge in [-0.3, -0.25) is 9.47 Å². The molecule has 0 saturated carbocycles. The van der Waals surface area contributed by atoms with Crippen LogP contribution >= 0.6 is 0 Å². The highest BCUT2D eigenvalue weighted by atomic mass is 16.5. The molecule has 1 N–H and O–H groups in total. The molecule has 0 aliphatic carbocycles. The molecule has 1 atom stereocenters. The van der Waals surface area contributed by atoms with E-state index in [1.165, 1.54) is 6.33 Å². The average Bonchev–Trinajstić information content (AvgIpc) is 3.35. The number of likely N-dealkylation sites (tertiary alicyclic amines) is 1. The predicted molar refractivity (Wildman–Crippen MR) is 121 cm³/mol. The van der Waals surface area contributed by atoms with E-state index in [1.807, 2.05) is 16.8 Å². The quantitative estimate of drug-likeness (QED) is 0.547. The van der Waals surface area contributed by atoms with E-state index in [9.17, 15) is 4.79 Å². The van der Waals surface area contributed by atoms with Gasteiger partial charge >= 0.3 is 5.69 Å². The van der Waals surface area contributed by atoms with Crippen molar-refractivity contribution in [1.82, 2.24) is 29.0 Å². The summed E-state index contributed by atoms with van der Waals surface area (Å²) in [6.07, 6.45) is 5.59. The molecule has 0 radical (unpaired) electrons. The molecule has 1 unspecified atom stereocenters. The second-order valence-electron chi connectivity index (χ2n) is 8.69. The fourth-order valence-electron chi connectivity index (χ4n) is 4.81. The van der Waals surface area contributed by atoms with Gasteiger partial charge in [0.2, 0.25) is 0 Å². The van der Waals surface area contributed by atoms with Crippen molar-refractivity contribution in [1.29, 1.82) is 0 Å². The smallest absolute Gasteiger partial charge is 0.326 e. The Morgan fingerprint density at radius 3 is 2.87 bits per heavy atom. The Morgan fingerprint density at radius 2 is 2.10 bits per heavy atom. The van der Waals surface area contributed by atoms with E-state index in [-0.39, 0.29) is 11.7 Å². The number of pyridine rings is 1. The molecule has 162 valence electrons. The normalized spacial score (nSPS) is 17.8. The molecule has 0 spiro atoms. The van der Waals surface area contributed by atoms with Crippen LogP contribution in [0.15, 0.2) is 35.5 Å². The number of aromatic amines is 1. The van der Waals surface area contributed by atoms with Crippen LogP contribution in [-0.4, -0.2) is 55.3 Å². The van der Waals surface area contributed by atoms with Gasteiger partial charge in [0.15, 0.2) is 11.4 Å². The van der Waals surface area contributed by atoms with Crippen LogP contribution in [0.25, 0.3) is 27.8 Å². The highest BCUT2D eigenvalue weighted by Gasteiger charge is 2.26. The van der Waals surface area contributed by atoms with Gasteiger partial charge in [0.05, 0.1) is 24.2 Å². The van der Waals surface area contributed by atoms with E-state index < -0.39 is 0 Å². The SMILES string of the molecule is COc1cc(-c2cc3[nH]c(=O)n(C4CCCN(C(C)C)C4)c3cc2C)cn2ncnc12. The maximum atomic E-state index is 13.0. The number of aryl methyl sites for hydroxylation is 1. The molecule has 1 aromatic carbocycles. The Kier molecular flexibility index (Phi) is 4.81. The van der Waals surface area contributed by atoms with Crippen molar-refractivity contribution < 1.29 is 4.74 Å². The Bertz CT molecular complexity index is 1320. The Hall–Kier alpha value is -3.13. The van der Waals surface area contributed by atoms with Gasteiger partial charge in [0, 0.05) is 24.3 Å². The number of hydrogen-bond donors (Lipinski definition) is 1. The van der Waals surface area contributed by atoms with Crippen LogP contribution in [0.2, 0.25) is 0 Å². The number of fused-ring (bicyclic) bond motifs is 2. The fourth-order valence-corrected chi connectivity index (χ4v) is 4.81. The first kappa shape index (κ1) is 19.8. The number of aromatic nitrogens is 5. The third-order valence-electron chi connectivity index (χ3n) is 6.46. The molecule has 4 heterocycles. The third-order valence-corrected chi connectivity index (χ3v) is 6.46. The molecular weight excluding hydrogens is 392 g/mol. The molecule has 5 rings (SSSR count). The van der Waals surface area contributed by atoms with Crippen molar-refractivity contribution >= 4 is 16.7 Å². The van der Waals surface area contributed by atoms with Gasteiger partial charge in [-0.25, -0.2) is 14.3 Å². The molecule has 4 aromatic rings. The lowest BCUT2D eigenvalue weighted by Crippen LogP contribution is -2.42. The van der Waals surface area contributed by atoms with Gasteiger partial charge in [-0.05, 0) is 69.5 Å². The van der Waals surface area contributed by atoms with E-state index in [0.29, 0.717) is 17.4 Å². The molecule has 1 aliphatic heterocycles. The Morgan fingerprint density at radius 1 is 1.26 bits per heavy atom. The zero-order valence-electron chi connectivity index (χ0n) is 18.4. The first-order chi connectivity index (χ1) is 15.0. The minimum Gasteiger partial charge on any atom is -0.493 e. The summed E-state index contributed by atoms with van der Waals surface area (Å²) in [5, 5.41) is 4.27.